The maximum atomic E-state index is 14.2. The van der Waals surface area contributed by atoms with Crippen LogP contribution in [0.15, 0.2) is 47.4 Å². The number of benzene rings is 2. The zero-order chi connectivity index (χ0) is 23.1. The zero-order valence-corrected chi connectivity index (χ0v) is 17.7. The molecule has 1 unspecified atom stereocenters. The minimum atomic E-state index is -4.46. The first-order valence-corrected chi connectivity index (χ1v) is 10.2. The van der Waals surface area contributed by atoms with Gasteiger partial charge < -0.3 is 10.1 Å². The second-order valence-corrected chi connectivity index (χ2v) is 8.26. The normalized spacial score (nSPS) is 16.1. The number of aryl methyl sites for hydroxylation is 1. The van der Waals surface area contributed by atoms with Crippen molar-refractivity contribution in [1.29, 1.82) is 0 Å². The molecule has 5 nitrogen and oxygen atoms in total. The van der Waals surface area contributed by atoms with Gasteiger partial charge in [-0.05, 0) is 42.9 Å². The predicted octanol–water partition coefficient (Wildman–Crippen LogP) is 4.79. The van der Waals surface area contributed by atoms with E-state index in [0.717, 1.165) is 0 Å². The van der Waals surface area contributed by atoms with Crippen LogP contribution >= 0.6 is 0 Å². The summed E-state index contributed by atoms with van der Waals surface area (Å²) in [5, 5.41) is 7.68. The van der Waals surface area contributed by atoms with Gasteiger partial charge in [0.1, 0.15) is 0 Å². The van der Waals surface area contributed by atoms with E-state index in [-0.39, 0.29) is 24.3 Å². The summed E-state index contributed by atoms with van der Waals surface area (Å²) in [6.45, 7) is -0.378. The average molecular weight is 449 g/mol. The third-order valence-electron chi connectivity index (χ3n) is 6.23. The average Bonchev–Trinajstić information content (AvgIpc) is 3.53. The maximum Gasteiger partial charge on any atom is 0.393 e. The molecule has 32 heavy (non-hydrogen) atoms. The number of anilines is 1. The molecule has 1 saturated carbocycles. The van der Waals surface area contributed by atoms with Gasteiger partial charge in [-0.25, -0.2) is 9.07 Å². The van der Waals surface area contributed by atoms with Crippen LogP contribution in [0.5, 0.6) is 5.75 Å². The lowest BCUT2D eigenvalue weighted by Crippen LogP contribution is -2.33. The number of fused-ring (bicyclic) bond motifs is 1. The Morgan fingerprint density at radius 1 is 1.19 bits per heavy atom. The standard InChI is InChI=1S/C23H23F4N3O2/c1-30-21(31)15-5-3-8-19(16(15)13-29-30)28-12-14(23(25,26)27)11-22(9-10-22)17-6-4-7-18(24)20(17)32-2/h3-8,13-14,28H,9-12H2,1-2H3. The van der Waals surface area contributed by atoms with E-state index in [9.17, 15) is 22.4 Å². The number of hydrogen-bond acceptors (Lipinski definition) is 4. The van der Waals surface area contributed by atoms with Gasteiger partial charge in [-0.3, -0.25) is 4.79 Å². The fourth-order valence-corrected chi connectivity index (χ4v) is 4.29. The molecule has 0 amide bonds. The van der Waals surface area contributed by atoms with Crippen LogP contribution in [0.4, 0.5) is 23.2 Å². The highest BCUT2D eigenvalue weighted by Gasteiger charge is 2.52. The number of nitrogens with one attached hydrogen (secondary N) is 1. The van der Waals surface area contributed by atoms with Crippen molar-refractivity contribution in [3.8, 4) is 5.75 Å². The molecular weight excluding hydrogens is 426 g/mol. The van der Waals surface area contributed by atoms with Crippen molar-refractivity contribution in [3.63, 3.8) is 0 Å². The van der Waals surface area contributed by atoms with Gasteiger partial charge in [-0.2, -0.15) is 18.3 Å². The summed E-state index contributed by atoms with van der Waals surface area (Å²) in [6, 6.07) is 9.23. The Bertz CT molecular complexity index is 1200. The smallest absolute Gasteiger partial charge is 0.393 e. The lowest BCUT2D eigenvalue weighted by Gasteiger charge is -2.27. The van der Waals surface area contributed by atoms with Gasteiger partial charge in [0.15, 0.2) is 11.6 Å². The lowest BCUT2D eigenvalue weighted by atomic mass is 9.84. The summed E-state index contributed by atoms with van der Waals surface area (Å²) >= 11 is 0. The first-order valence-electron chi connectivity index (χ1n) is 10.2. The van der Waals surface area contributed by atoms with Crippen LogP contribution in [0, 0.1) is 11.7 Å². The minimum Gasteiger partial charge on any atom is -0.493 e. The minimum absolute atomic E-state index is 0.00913. The third-order valence-corrected chi connectivity index (χ3v) is 6.23. The molecule has 0 aliphatic heterocycles. The molecule has 1 N–H and O–H groups in total. The van der Waals surface area contributed by atoms with E-state index in [2.05, 4.69) is 10.4 Å². The SMILES string of the molecule is COc1c(F)cccc1C1(CC(CNc2cccc3c(=O)n(C)ncc23)C(F)(F)F)CC1. The van der Waals surface area contributed by atoms with Crippen molar-refractivity contribution in [3.05, 3.63) is 64.3 Å². The molecule has 9 heteroatoms. The highest BCUT2D eigenvalue weighted by atomic mass is 19.4. The van der Waals surface area contributed by atoms with E-state index in [1.807, 2.05) is 0 Å². The molecular formula is C23H23F4N3O2. The summed E-state index contributed by atoms with van der Waals surface area (Å²) < 4.78 is 62.4. The van der Waals surface area contributed by atoms with Crippen molar-refractivity contribution in [2.75, 3.05) is 19.0 Å². The fraction of sp³-hybridized carbons (Fsp3) is 0.391. The van der Waals surface area contributed by atoms with Crippen LogP contribution in [-0.4, -0.2) is 29.6 Å². The molecule has 0 spiro atoms. The Morgan fingerprint density at radius 3 is 2.56 bits per heavy atom. The molecule has 3 aromatic rings. The lowest BCUT2D eigenvalue weighted by molar-refractivity contribution is -0.174. The van der Waals surface area contributed by atoms with Crippen LogP contribution in [0.25, 0.3) is 10.8 Å². The molecule has 1 aliphatic carbocycles. The van der Waals surface area contributed by atoms with E-state index in [1.54, 1.807) is 24.3 Å². The first kappa shape index (κ1) is 22.1. The Kier molecular flexibility index (Phi) is 5.60. The molecule has 170 valence electrons. The van der Waals surface area contributed by atoms with E-state index in [1.165, 1.54) is 37.2 Å². The van der Waals surface area contributed by atoms with Gasteiger partial charge in [0.05, 0.1) is 24.6 Å². The quantitative estimate of drug-likeness (QED) is 0.527. The van der Waals surface area contributed by atoms with Crippen LogP contribution in [-0.2, 0) is 12.5 Å². The number of nitrogens with zero attached hydrogens (tertiary/aromatic N) is 2. The first-order chi connectivity index (χ1) is 15.2. The van der Waals surface area contributed by atoms with Gasteiger partial charge in [0.25, 0.3) is 5.56 Å². The van der Waals surface area contributed by atoms with Gasteiger partial charge in [-0.15, -0.1) is 0 Å². The maximum absolute atomic E-state index is 14.2. The number of halogens is 4. The van der Waals surface area contributed by atoms with Crippen molar-refractivity contribution in [2.45, 2.75) is 30.9 Å². The van der Waals surface area contributed by atoms with E-state index in [4.69, 9.17) is 4.74 Å². The second kappa shape index (κ2) is 8.11. The molecule has 0 bridgehead atoms. The summed E-state index contributed by atoms with van der Waals surface area (Å²) in [4.78, 5) is 12.3. The molecule has 1 heterocycles. The fourth-order valence-electron chi connectivity index (χ4n) is 4.29. The van der Waals surface area contributed by atoms with Crippen molar-refractivity contribution in [2.24, 2.45) is 13.0 Å². The molecule has 1 aliphatic rings. The topological polar surface area (TPSA) is 56.1 Å². The van der Waals surface area contributed by atoms with Gasteiger partial charge in [0, 0.05) is 30.2 Å². The Hall–Kier alpha value is -3.10. The number of methoxy groups -OCH3 is 1. The van der Waals surface area contributed by atoms with Gasteiger partial charge in [-0.1, -0.05) is 18.2 Å². The van der Waals surface area contributed by atoms with Crippen molar-refractivity contribution in [1.82, 2.24) is 9.78 Å². The summed E-state index contributed by atoms with van der Waals surface area (Å²) in [5.74, 6) is -2.25. The Balaban J connectivity index is 1.61. The van der Waals surface area contributed by atoms with Gasteiger partial charge in [0.2, 0.25) is 0 Å². The summed E-state index contributed by atoms with van der Waals surface area (Å²) in [5.41, 5.74) is -0.207. The number of aromatic nitrogens is 2. The molecule has 0 radical (unpaired) electrons. The highest BCUT2D eigenvalue weighted by Crippen LogP contribution is 2.57. The summed E-state index contributed by atoms with van der Waals surface area (Å²) in [7, 11) is 2.83. The third kappa shape index (κ3) is 4.03. The van der Waals surface area contributed by atoms with Crippen molar-refractivity contribution >= 4 is 16.5 Å². The Morgan fingerprint density at radius 2 is 1.91 bits per heavy atom. The summed E-state index contributed by atoms with van der Waals surface area (Å²) in [6.07, 6.45) is -2.11. The highest BCUT2D eigenvalue weighted by molar-refractivity contribution is 5.92. The number of rotatable bonds is 7. The monoisotopic (exact) mass is 449 g/mol. The van der Waals surface area contributed by atoms with E-state index >= 15 is 0 Å². The molecule has 1 aromatic heterocycles. The molecule has 4 rings (SSSR count). The van der Waals surface area contributed by atoms with Crippen LogP contribution in [0.3, 0.4) is 0 Å². The van der Waals surface area contributed by atoms with Crippen LogP contribution < -0.4 is 15.6 Å². The molecule has 1 fully saturated rings. The van der Waals surface area contributed by atoms with Gasteiger partial charge >= 0.3 is 6.18 Å². The Labute approximate surface area is 182 Å². The van der Waals surface area contributed by atoms with E-state index < -0.39 is 23.3 Å². The number of ether oxygens (including phenoxy) is 1. The predicted molar refractivity (Wildman–Crippen MR) is 113 cm³/mol. The van der Waals surface area contributed by atoms with Crippen LogP contribution in [0.1, 0.15) is 24.8 Å². The van der Waals surface area contributed by atoms with Crippen molar-refractivity contribution < 1.29 is 22.3 Å². The largest absolute Gasteiger partial charge is 0.493 e. The molecule has 2 aromatic carbocycles. The number of para-hydroxylation sites is 1. The molecule has 1 atom stereocenters. The number of alkyl halides is 3. The zero-order valence-electron chi connectivity index (χ0n) is 17.7. The molecule has 0 saturated heterocycles. The second-order valence-electron chi connectivity index (χ2n) is 8.26. The number of hydrogen-bond donors (Lipinski definition) is 1. The van der Waals surface area contributed by atoms with E-state index in [0.29, 0.717) is 34.9 Å². The van der Waals surface area contributed by atoms with Crippen LogP contribution in [0.2, 0.25) is 0 Å².